The van der Waals surface area contributed by atoms with Gasteiger partial charge in [0.1, 0.15) is 0 Å². The Labute approximate surface area is 114 Å². The van der Waals surface area contributed by atoms with E-state index in [2.05, 4.69) is 5.32 Å². The zero-order valence-electron chi connectivity index (χ0n) is 11.5. The minimum atomic E-state index is -0.220. The summed E-state index contributed by atoms with van der Waals surface area (Å²) in [7, 11) is 1.62. The van der Waals surface area contributed by atoms with Crippen LogP contribution < -0.4 is 11.1 Å². The van der Waals surface area contributed by atoms with Gasteiger partial charge in [-0.2, -0.15) is 0 Å². The van der Waals surface area contributed by atoms with E-state index >= 15 is 0 Å². The van der Waals surface area contributed by atoms with Gasteiger partial charge in [0.2, 0.25) is 5.91 Å². The van der Waals surface area contributed by atoms with Gasteiger partial charge >= 0.3 is 0 Å². The Bertz CT molecular complexity index is 396. The van der Waals surface area contributed by atoms with E-state index in [0.717, 1.165) is 5.56 Å². The van der Waals surface area contributed by atoms with E-state index in [1.165, 1.54) is 0 Å². The zero-order chi connectivity index (χ0) is 14.1. The van der Waals surface area contributed by atoms with Gasteiger partial charge in [0.15, 0.2) is 0 Å². The van der Waals surface area contributed by atoms with Crippen LogP contribution in [0.25, 0.3) is 0 Å². The van der Waals surface area contributed by atoms with E-state index in [4.69, 9.17) is 15.2 Å². The maximum atomic E-state index is 11.9. The van der Waals surface area contributed by atoms with Crippen LogP contribution in [0.3, 0.4) is 0 Å². The molecule has 0 aromatic heterocycles. The highest BCUT2D eigenvalue weighted by molar-refractivity contribution is 5.83. The number of ether oxygens (including phenoxy) is 2. The summed E-state index contributed by atoms with van der Waals surface area (Å²) in [5, 5.41) is 2.83. The van der Waals surface area contributed by atoms with E-state index in [0.29, 0.717) is 32.1 Å². The Morgan fingerprint density at radius 2 is 2.16 bits per heavy atom. The molecule has 106 valence electrons. The van der Waals surface area contributed by atoms with E-state index in [-0.39, 0.29) is 11.8 Å². The summed E-state index contributed by atoms with van der Waals surface area (Å²) < 4.78 is 10.1. The number of carbonyl (C=O) groups is 1. The monoisotopic (exact) mass is 266 g/mol. The fourth-order valence-corrected chi connectivity index (χ4v) is 1.62. The van der Waals surface area contributed by atoms with Crippen molar-refractivity contribution in [2.75, 3.05) is 39.2 Å². The number of anilines is 1. The predicted octanol–water partition coefficient (Wildman–Crippen LogP) is 1.15. The summed E-state index contributed by atoms with van der Waals surface area (Å²) in [6.45, 7) is 3.94. The topological polar surface area (TPSA) is 73.6 Å². The number of amides is 1. The molecule has 1 atom stereocenters. The molecule has 0 saturated carbocycles. The Hall–Kier alpha value is -1.59. The number of hydrogen-bond acceptors (Lipinski definition) is 4. The van der Waals surface area contributed by atoms with Crippen LogP contribution in [0.1, 0.15) is 18.4 Å². The van der Waals surface area contributed by atoms with Crippen molar-refractivity contribution in [1.29, 1.82) is 0 Å². The Morgan fingerprint density at radius 3 is 2.84 bits per heavy atom. The van der Waals surface area contributed by atoms with Crippen LogP contribution >= 0.6 is 0 Å². The van der Waals surface area contributed by atoms with Crippen molar-refractivity contribution < 1.29 is 14.3 Å². The van der Waals surface area contributed by atoms with Gasteiger partial charge in [-0.3, -0.25) is 4.79 Å². The van der Waals surface area contributed by atoms with E-state index < -0.39 is 0 Å². The van der Waals surface area contributed by atoms with Crippen LogP contribution in [0.2, 0.25) is 0 Å². The maximum absolute atomic E-state index is 11.9. The lowest BCUT2D eigenvalue weighted by Crippen LogP contribution is -2.31. The molecule has 0 spiro atoms. The minimum absolute atomic E-state index is 0.0269. The third-order valence-corrected chi connectivity index (χ3v) is 2.78. The average Bonchev–Trinajstić information content (AvgIpc) is 2.41. The fraction of sp³-hybridized carbons (Fsp3) is 0.500. The van der Waals surface area contributed by atoms with E-state index in [1.54, 1.807) is 13.2 Å². The lowest BCUT2D eigenvalue weighted by molar-refractivity contribution is -0.122. The summed E-state index contributed by atoms with van der Waals surface area (Å²) in [5.41, 5.74) is 7.28. The molecule has 0 aliphatic carbocycles. The van der Waals surface area contributed by atoms with Crippen LogP contribution in [-0.2, 0) is 14.3 Å². The first-order chi connectivity index (χ1) is 9.15. The molecule has 0 aliphatic rings. The molecule has 19 heavy (non-hydrogen) atoms. The Kier molecular flexibility index (Phi) is 6.92. The molecule has 1 aromatic rings. The molecule has 5 nitrogen and oxygen atoms in total. The number of hydrogen-bond donors (Lipinski definition) is 2. The normalized spacial score (nSPS) is 12.1. The van der Waals surface area contributed by atoms with E-state index in [9.17, 15) is 4.79 Å². The molecule has 0 fully saturated rings. The molecule has 0 heterocycles. The summed E-state index contributed by atoms with van der Waals surface area (Å²) in [4.78, 5) is 11.9. The van der Waals surface area contributed by atoms with Crippen molar-refractivity contribution in [1.82, 2.24) is 5.32 Å². The first-order valence-electron chi connectivity index (χ1n) is 6.35. The van der Waals surface area contributed by atoms with Gasteiger partial charge in [-0.15, -0.1) is 0 Å². The second kappa shape index (κ2) is 8.50. The lowest BCUT2D eigenvalue weighted by atomic mass is 10.00. The predicted molar refractivity (Wildman–Crippen MR) is 75.0 cm³/mol. The number of methoxy groups -OCH3 is 1. The largest absolute Gasteiger partial charge is 0.399 e. The SMILES string of the molecule is COCCOCCNC(=O)C(C)c1cccc(N)c1. The van der Waals surface area contributed by atoms with Crippen LogP contribution in [-0.4, -0.2) is 39.4 Å². The molecule has 0 bridgehead atoms. The fourth-order valence-electron chi connectivity index (χ4n) is 1.62. The van der Waals surface area contributed by atoms with Crippen molar-refractivity contribution in [3.63, 3.8) is 0 Å². The van der Waals surface area contributed by atoms with E-state index in [1.807, 2.05) is 25.1 Å². The van der Waals surface area contributed by atoms with Gasteiger partial charge in [0, 0.05) is 19.3 Å². The van der Waals surface area contributed by atoms with Crippen LogP contribution in [0, 0.1) is 0 Å². The second-order valence-corrected chi connectivity index (χ2v) is 4.29. The van der Waals surface area contributed by atoms with Gasteiger partial charge in [-0.25, -0.2) is 0 Å². The van der Waals surface area contributed by atoms with Gasteiger partial charge in [-0.05, 0) is 24.6 Å². The number of rotatable bonds is 8. The van der Waals surface area contributed by atoms with Gasteiger partial charge in [0.05, 0.1) is 25.7 Å². The summed E-state index contributed by atoms with van der Waals surface area (Å²) in [6.07, 6.45) is 0. The standard InChI is InChI=1S/C14H22N2O3/c1-11(12-4-3-5-13(15)10-12)14(17)16-6-7-19-9-8-18-2/h3-5,10-11H,6-9,15H2,1-2H3,(H,16,17). The molecule has 0 radical (unpaired) electrons. The summed E-state index contributed by atoms with van der Waals surface area (Å²) >= 11 is 0. The summed E-state index contributed by atoms with van der Waals surface area (Å²) in [6, 6.07) is 7.37. The van der Waals surface area contributed by atoms with Crippen molar-refractivity contribution >= 4 is 11.6 Å². The number of nitrogens with two attached hydrogens (primary N) is 1. The molecular weight excluding hydrogens is 244 g/mol. The molecular formula is C14H22N2O3. The molecule has 1 unspecified atom stereocenters. The van der Waals surface area contributed by atoms with Crippen molar-refractivity contribution in [3.8, 4) is 0 Å². The number of carbonyl (C=O) groups excluding carboxylic acids is 1. The molecule has 1 rings (SSSR count). The van der Waals surface area contributed by atoms with Gasteiger partial charge < -0.3 is 20.5 Å². The smallest absolute Gasteiger partial charge is 0.227 e. The lowest BCUT2D eigenvalue weighted by Gasteiger charge is -2.13. The Morgan fingerprint density at radius 1 is 1.37 bits per heavy atom. The number of benzene rings is 1. The highest BCUT2D eigenvalue weighted by Crippen LogP contribution is 2.17. The van der Waals surface area contributed by atoms with Crippen LogP contribution in [0.4, 0.5) is 5.69 Å². The Balaban J connectivity index is 2.29. The van der Waals surface area contributed by atoms with Gasteiger partial charge in [-0.1, -0.05) is 12.1 Å². The quantitative estimate of drug-likeness (QED) is 0.547. The number of nitrogen functional groups attached to an aromatic ring is 1. The molecule has 3 N–H and O–H groups in total. The zero-order valence-corrected chi connectivity index (χ0v) is 11.5. The average molecular weight is 266 g/mol. The second-order valence-electron chi connectivity index (χ2n) is 4.29. The van der Waals surface area contributed by atoms with Gasteiger partial charge in [0.25, 0.3) is 0 Å². The molecule has 5 heteroatoms. The third kappa shape index (κ3) is 5.72. The maximum Gasteiger partial charge on any atom is 0.227 e. The highest BCUT2D eigenvalue weighted by Gasteiger charge is 2.14. The molecule has 1 amide bonds. The first kappa shape index (κ1) is 15.5. The third-order valence-electron chi connectivity index (χ3n) is 2.78. The van der Waals surface area contributed by atoms with Crippen molar-refractivity contribution in [3.05, 3.63) is 29.8 Å². The summed E-state index contributed by atoms with van der Waals surface area (Å²) in [5.74, 6) is -0.247. The first-order valence-corrected chi connectivity index (χ1v) is 6.35. The molecule has 1 aromatic carbocycles. The van der Waals surface area contributed by atoms with Crippen molar-refractivity contribution in [2.24, 2.45) is 0 Å². The van der Waals surface area contributed by atoms with Crippen molar-refractivity contribution in [2.45, 2.75) is 12.8 Å². The minimum Gasteiger partial charge on any atom is -0.399 e. The molecule has 0 saturated heterocycles. The van der Waals surface area contributed by atoms with Crippen LogP contribution in [0.15, 0.2) is 24.3 Å². The highest BCUT2D eigenvalue weighted by atomic mass is 16.5. The number of nitrogens with one attached hydrogen (secondary N) is 1. The van der Waals surface area contributed by atoms with Crippen LogP contribution in [0.5, 0.6) is 0 Å². The molecule has 0 aliphatic heterocycles.